The Hall–Kier alpha value is -5.34. The number of anilines is 2. The molecule has 2 N–H and O–H groups in total. The van der Waals surface area contributed by atoms with Crippen LogP contribution in [-0.2, 0) is 9.59 Å². The van der Waals surface area contributed by atoms with Crippen LogP contribution in [0.15, 0.2) is 127 Å². The molecule has 3 amide bonds. The van der Waals surface area contributed by atoms with Gasteiger partial charge in [-0.2, -0.15) is 0 Å². The lowest BCUT2D eigenvalue weighted by molar-refractivity contribution is -0.122. The van der Waals surface area contributed by atoms with E-state index >= 15 is 0 Å². The number of benzene rings is 4. The lowest BCUT2D eigenvalue weighted by Crippen LogP contribution is -2.54. The fraction of sp³-hybridized carbons (Fsp3) is 0. The summed E-state index contributed by atoms with van der Waals surface area (Å²) in [6.45, 7) is 0. The Kier molecular flexibility index (Phi) is 7.89. The minimum absolute atomic E-state index is 0.0122. The molecular formula is C32H23N3O4S. The van der Waals surface area contributed by atoms with Crippen LogP contribution >= 0.6 is 12.2 Å². The molecule has 1 fully saturated rings. The van der Waals surface area contributed by atoms with Gasteiger partial charge >= 0.3 is 0 Å². The predicted molar refractivity (Wildman–Crippen MR) is 159 cm³/mol. The van der Waals surface area contributed by atoms with Crippen molar-refractivity contribution in [2.24, 2.45) is 0 Å². The first kappa shape index (κ1) is 26.3. The summed E-state index contributed by atoms with van der Waals surface area (Å²) in [7, 11) is 0. The first-order valence-electron chi connectivity index (χ1n) is 12.4. The summed E-state index contributed by atoms with van der Waals surface area (Å²) in [5.74, 6) is -0.117. The third-order valence-corrected chi connectivity index (χ3v) is 6.24. The highest BCUT2D eigenvalue weighted by atomic mass is 32.1. The van der Waals surface area contributed by atoms with Crippen LogP contribution in [-0.4, -0.2) is 22.8 Å². The molecule has 0 aliphatic carbocycles. The Morgan fingerprint density at radius 2 is 1.43 bits per heavy atom. The largest absolute Gasteiger partial charge is 0.457 e. The van der Waals surface area contributed by atoms with E-state index in [1.807, 2.05) is 54.6 Å². The second-order valence-electron chi connectivity index (χ2n) is 8.66. The molecule has 1 aliphatic rings. The number of para-hydroxylation sites is 2. The fourth-order valence-corrected chi connectivity index (χ4v) is 4.27. The van der Waals surface area contributed by atoms with E-state index in [1.165, 1.54) is 11.0 Å². The number of nitrogens with one attached hydrogen (secondary N) is 2. The summed E-state index contributed by atoms with van der Waals surface area (Å²) >= 11 is 5.30. The van der Waals surface area contributed by atoms with Crippen molar-refractivity contribution in [2.75, 3.05) is 10.2 Å². The number of amides is 3. The number of carbonyl (C=O) groups is 3. The van der Waals surface area contributed by atoms with Crippen molar-refractivity contribution in [3.8, 4) is 11.5 Å². The van der Waals surface area contributed by atoms with Crippen LogP contribution in [0.4, 0.5) is 11.4 Å². The van der Waals surface area contributed by atoms with Gasteiger partial charge in [-0.25, -0.2) is 0 Å². The maximum Gasteiger partial charge on any atom is 0.270 e. The van der Waals surface area contributed by atoms with Gasteiger partial charge in [-0.05, 0) is 78.5 Å². The molecule has 0 unspecified atom stereocenters. The summed E-state index contributed by atoms with van der Waals surface area (Å²) in [6, 6.07) is 32.3. The lowest BCUT2D eigenvalue weighted by Gasteiger charge is -2.28. The topological polar surface area (TPSA) is 87.7 Å². The monoisotopic (exact) mass is 545 g/mol. The number of ether oxygens (including phenoxy) is 1. The average Bonchev–Trinajstić information content (AvgIpc) is 2.97. The number of thiocarbonyl (C=S) groups is 1. The van der Waals surface area contributed by atoms with E-state index in [-0.39, 0.29) is 16.6 Å². The van der Waals surface area contributed by atoms with Crippen molar-refractivity contribution in [3.63, 3.8) is 0 Å². The molecule has 0 aromatic heterocycles. The first-order chi connectivity index (χ1) is 19.5. The van der Waals surface area contributed by atoms with Gasteiger partial charge in [0.1, 0.15) is 17.1 Å². The fourth-order valence-electron chi connectivity index (χ4n) is 3.99. The number of allylic oxidation sites excluding steroid dienone is 2. The molecule has 5 rings (SSSR count). The van der Waals surface area contributed by atoms with Gasteiger partial charge in [-0.15, -0.1) is 0 Å². The van der Waals surface area contributed by atoms with Crippen LogP contribution in [0, 0.1) is 0 Å². The number of carbonyl (C=O) groups excluding carboxylic acids is 3. The van der Waals surface area contributed by atoms with Gasteiger partial charge in [-0.3, -0.25) is 24.6 Å². The van der Waals surface area contributed by atoms with Crippen LogP contribution in [0.25, 0.3) is 6.08 Å². The van der Waals surface area contributed by atoms with Crippen LogP contribution < -0.4 is 20.3 Å². The van der Waals surface area contributed by atoms with Crippen molar-refractivity contribution in [1.82, 2.24) is 5.32 Å². The summed E-state index contributed by atoms with van der Waals surface area (Å²) in [5, 5.41) is 5.46. The van der Waals surface area contributed by atoms with Gasteiger partial charge in [0.2, 0.25) is 0 Å². The average molecular weight is 546 g/mol. The number of hydrogen-bond acceptors (Lipinski definition) is 5. The van der Waals surface area contributed by atoms with E-state index in [2.05, 4.69) is 10.6 Å². The molecule has 196 valence electrons. The molecule has 1 aliphatic heterocycles. The minimum atomic E-state index is -0.592. The van der Waals surface area contributed by atoms with Crippen LogP contribution in [0.1, 0.15) is 15.9 Å². The molecule has 7 nitrogen and oxygen atoms in total. The number of rotatable bonds is 7. The third-order valence-electron chi connectivity index (χ3n) is 5.96. The molecule has 8 heteroatoms. The van der Waals surface area contributed by atoms with Crippen molar-refractivity contribution in [3.05, 3.63) is 138 Å². The Morgan fingerprint density at radius 3 is 2.15 bits per heavy atom. The Bertz CT molecular complexity index is 1630. The van der Waals surface area contributed by atoms with Gasteiger partial charge in [0, 0.05) is 11.3 Å². The molecular weight excluding hydrogens is 522 g/mol. The van der Waals surface area contributed by atoms with E-state index in [9.17, 15) is 14.4 Å². The highest BCUT2D eigenvalue weighted by Gasteiger charge is 2.34. The second-order valence-corrected chi connectivity index (χ2v) is 9.04. The van der Waals surface area contributed by atoms with Gasteiger partial charge in [0.05, 0.1) is 5.69 Å². The standard InChI is InChI=1S/C32H23N3O4S/c36-29(23-11-3-1-4-12-23)33-28-17-8-7-10-22(28)13-9-16-27-30(37)34-32(40)35(31(27)38)24-18-20-26(21-19-24)39-25-14-5-2-6-15-25/h1-21H,(H,33,36)(H,34,37,40)/b13-9-,27-16+. The quantitative estimate of drug-likeness (QED) is 0.166. The molecule has 0 bridgehead atoms. The van der Waals surface area contributed by atoms with E-state index < -0.39 is 11.8 Å². The zero-order valence-electron chi connectivity index (χ0n) is 21.1. The summed E-state index contributed by atoms with van der Waals surface area (Å²) < 4.78 is 5.81. The van der Waals surface area contributed by atoms with E-state index in [0.29, 0.717) is 34.0 Å². The molecule has 0 spiro atoms. The zero-order chi connectivity index (χ0) is 27.9. The SMILES string of the molecule is O=C1NC(=S)N(c2ccc(Oc3ccccc3)cc2)C(=O)/C1=C/C=C\c1ccccc1NC(=O)c1ccccc1. The summed E-state index contributed by atoms with van der Waals surface area (Å²) in [4.78, 5) is 39.8. The van der Waals surface area contributed by atoms with Gasteiger partial charge in [-0.1, -0.05) is 66.7 Å². The smallest absolute Gasteiger partial charge is 0.270 e. The highest BCUT2D eigenvalue weighted by molar-refractivity contribution is 7.80. The summed E-state index contributed by atoms with van der Waals surface area (Å²) in [5.41, 5.74) is 2.22. The maximum absolute atomic E-state index is 13.3. The molecule has 0 atom stereocenters. The highest BCUT2D eigenvalue weighted by Crippen LogP contribution is 2.27. The molecule has 4 aromatic carbocycles. The van der Waals surface area contributed by atoms with Crippen LogP contribution in [0.3, 0.4) is 0 Å². The molecule has 1 saturated heterocycles. The number of hydrogen-bond donors (Lipinski definition) is 2. The van der Waals surface area contributed by atoms with Gasteiger partial charge in [0.25, 0.3) is 17.7 Å². The molecule has 0 radical (unpaired) electrons. The van der Waals surface area contributed by atoms with E-state index in [4.69, 9.17) is 17.0 Å². The lowest BCUT2D eigenvalue weighted by atomic mass is 10.1. The van der Waals surface area contributed by atoms with Gasteiger partial charge in [0.15, 0.2) is 5.11 Å². The van der Waals surface area contributed by atoms with Crippen LogP contribution in [0.2, 0.25) is 0 Å². The Balaban J connectivity index is 1.33. The van der Waals surface area contributed by atoms with E-state index in [1.54, 1.807) is 66.7 Å². The van der Waals surface area contributed by atoms with Crippen LogP contribution in [0.5, 0.6) is 11.5 Å². The Labute approximate surface area is 236 Å². The van der Waals surface area contributed by atoms with Crippen molar-refractivity contribution >= 4 is 52.5 Å². The molecule has 4 aromatic rings. The zero-order valence-corrected chi connectivity index (χ0v) is 21.9. The maximum atomic E-state index is 13.3. The molecule has 0 saturated carbocycles. The molecule has 1 heterocycles. The third kappa shape index (κ3) is 6.03. The number of nitrogens with zero attached hydrogens (tertiary/aromatic N) is 1. The first-order valence-corrected chi connectivity index (χ1v) is 12.8. The summed E-state index contributed by atoms with van der Waals surface area (Å²) in [6.07, 6.45) is 4.72. The van der Waals surface area contributed by atoms with Gasteiger partial charge < -0.3 is 10.1 Å². The normalized spacial score (nSPS) is 14.3. The van der Waals surface area contributed by atoms with Crippen molar-refractivity contribution in [2.45, 2.75) is 0 Å². The molecule has 40 heavy (non-hydrogen) atoms. The minimum Gasteiger partial charge on any atom is -0.457 e. The Morgan fingerprint density at radius 1 is 0.800 bits per heavy atom. The van der Waals surface area contributed by atoms with Crippen molar-refractivity contribution in [1.29, 1.82) is 0 Å². The van der Waals surface area contributed by atoms with E-state index in [0.717, 1.165) is 0 Å². The predicted octanol–water partition coefficient (Wildman–Crippen LogP) is 6.12. The second kappa shape index (κ2) is 12.0. The van der Waals surface area contributed by atoms with Crippen molar-refractivity contribution < 1.29 is 19.1 Å².